The second-order valence-electron chi connectivity index (χ2n) is 6.84. The minimum absolute atomic E-state index is 0.226. The van der Waals surface area contributed by atoms with Crippen molar-refractivity contribution in [2.45, 2.75) is 26.0 Å². The average Bonchev–Trinajstić information content (AvgIpc) is 2.65. The number of anilines is 1. The topological polar surface area (TPSA) is 66.5 Å². The predicted octanol–water partition coefficient (Wildman–Crippen LogP) is 4.16. The van der Waals surface area contributed by atoms with Crippen molar-refractivity contribution in [3.63, 3.8) is 0 Å². The maximum atomic E-state index is 12.3. The Balaban J connectivity index is 1.82. The lowest BCUT2D eigenvalue weighted by Gasteiger charge is -2.24. The van der Waals surface area contributed by atoms with E-state index in [9.17, 15) is 13.2 Å². The Hall–Kier alpha value is -1.70. The van der Waals surface area contributed by atoms with E-state index in [4.69, 9.17) is 11.6 Å². The first-order valence-electron chi connectivity index (χ1n) is 9.32. The number of aryl methyl sites for hydroxylation is 1. The van der Waals surface area contributed by atoms with E-state index >= 15 is 0 Å². The molecule has 2 aromatic rings. The predicted molar refractivity (Wildman–Crippen MR) is 123 cm³/mol. The molecule has 0 bridgehead atoms. The molecule has 0 saturated carbocycles. The first-order valence-corrected chi connectivity index (χ1v) is 12.7. The van der Waals surface area contributed by atoms with Gasteiger partial charge in [-0.25, -0.2) is 8.42 Å². The molecule has 0 aliphatic heterocycles. The number of benzene rings is 2. The summed E-state index contributed by atoms with van der Waals surface area (Å²) >= 11 is 7.89. The van der Waals surface area contributed by atoms with Gasteiger partial charge in [-0.1, -0.05) is 41.9 Å². The third kappa shape index (κ3) is 7.24. The van der Waals surface area contributed by atoms with E-state index in [1.165, 1.54) is 0 Å². The molecular weight excluding hydrogens is 428 g/mol. The van der Waals surface area contributed by atoms with Crippen LogP contribution in [0.1, 0.15) is 23.1 Å². The highest BCUT2D eigenvalue weighted by Gasteiger charge is 2.22. The fourth-order valence-corrected chi connectivity index (χ4v) is 4.93. The number of rotatable bonds is 10. The zero-order valence-corrected chi connectivity index (χ0v) is 19.3. The van der Waals surface area contributed by atoms with E-state index in [2.05, 4.69) is 5.32 Å². The number of sulfonamides is 1. The molecule has 0 saturated heterocycles. The van der Waals surface area contributed by atoms with Gasteiger partial charge in [0.25, 0.3) is 0 Å². The van der Waals surface area contributed by atoms with Crippen molar-refractivity contribution < 1.29 is 13.2 Å². The van der Waals surface area contributed by atoms with Crippen LogP contribution in [0.15, 0.2) is 42.5 Å². The van der Waals surface area contributed by atoms with Gasteiger partial charge >= 0.3 is 0 Å². The van der Waals surface area contributed by atoms with Crippen molar-refractivity contribution in [3.8, 4) is 0 Å². The summed E-state index contributed by atoms with van der Waals surface area (Å²) in [6.07, 6.45) is 1.91. The molecule has 0 unspecified atom stereocenters. The highest BCUT2D eigenvalue weighted by molar-refractivity contribution is 7.98. The highest BCUT2D eigenvalue weighted by atomic mass is 35.5. The quantitative estimate of drug-likeness (QED) is 0.547. The van der Waals surface area contributed by atoms with Crippen LogP contribution in [0.3, 0.4) is 0 Å². The molecule has 0 aliphatic carbocycles. The Morgan fingerprint density at radius 2 is 1.86 bits per heavy atom. The van der Waals surface area contributed by atoms with Crippen LogP contribution in [-0.4, -0.2) is 39.4 Å². The summed E-state index contributed by atoms with van der Waals surface area (Å²) < 4.78 is 25.6. The molecule has 0 fully saturated rings. The maximum absolute atomic E-state index is 12.3. The third-order valence-corrected chi connectivity index (χ3v) is 7.12. The standard InChI is InChI=1S/C21H27ClN2O3S2/c1-16-8-6-11-20(17(16)2)24(29(3,26)27)14-21(25)23-12-7-13-28-15-18-9-4-5-10-19(18)22/h4-6,8-11H,7,12-15H2,1-3H3,(H,23,25). The lowest BCUT2D eigenvalue weighted by Crippen LogP contribution is -2.41. The molecule has 1 amide bonds. The molecule has 5 nitrogen and oxygen atoms in total. The number of nitrogens with zero attached hydrogens (tertiary/aromatic N) is 1. The smallest absolute Gasteiger partial charge is 0.240 e. The number of carbonyl (C=O) groups excluding carboxylic acids is 1. The van der Waals surface area contributed by atoms with Crippen molar-refractivity contribution in [3.05, 3.63) is 64.2 Å². The first-order chi connectivity index (χ1) is 13.7. The van der Waals surface area contributed by atoms with Crippen LogP contribution in [0.4, 0.5) is 5.69 Å². The van der Waals surface area contributed by atoms with Crippen LogP contribution >= 0.6 is 23.4 Å². The molecule has 0 atom stereocenters. The van der Waals surface area contributed by atoms with Gasteiger partial charge in [0, 0.05) is 17.3 Å². The van der Waals surface area contributed by atoms with Crippen molar-refractivity contribution in [1.29, 1.82) is 0 Å². The number of hydrogen-bond acceptors (Lipinski definition) is 4. The second kappa shape index (κ2) is 10.9. The van der Waals surface area contributed by atoms with Crippen LogP contribution in [0.2, 0.25) is 5.02 Å². The Morgan fingerprint density at radius 3 is 2.55 bits per heavy atom. The summed E-state index contributed by atoms with van der Waals surface area (Å²) in [5.74, 6) is 1.38. The normalized spacial score (nSPS) is 11.3. The molecule has 158 valence electrons. The Kier molecular flexibility index (Phi) is 8.86. The Bertz CT molecular complexity index is 949. The maximum Gasteiger partial charge on any atom is 0.240 e. The molecule has 0 heterocycles. The lowest BCUT2D eigenvalue weighted by molar-refractivity contribution is -0.119. The molecule has 8 heteroatoms. The van der Waals surface area contributed by atoms with Crippen LogP contribution in [0.5, 0.6) is 0 Å². The number of nitrogens with one attached hydrogen (secondary N) is 1. The van der Waals surface area contributed by atoms with E-state index < -0.39 is 10.0 Å². The summed E-state index contributed by atoms with van der Waals surface area (Å²) in [5.41, 5.74) is 3.47. The number of halogens is 1. The fourth-order valence-electron chi connectivity index (χ4n) is 2.77. The number of carbonyl (C=O) groups is 1. The van der Waals surface area contributed by atoms with Crippen LogP contribution < -0.4 is 9.62 Å². The minimum atomic E-state index is -3.57. The summed E-state index contributed by atoms with van der Waals surface area (Å²) in [4.78, 5) is 12.3. The van der Waals surface area contributed by atoms with Gasteiger partial charge in [-0.2, -0.15) is 11.8 Å². The zero-order chi connectivity index (χ0) is 21.4. The molecule has 1 N–H and O–H groups in total. The van der Waals surface area contributed by atoms with E-state index in [1.54, 1.807) is 23.9 Å². The van der Waals surface area contributed by atoms with Crippen LogP contribution in [-0.2, 0) is 20.6 Å². The van der Waals surface area contributed by atoms with Gasteiger partial charge in [-0.3, -0.25) is 9.10 Å². The SMILES string of the molecule is Cc1cccc(N(CC(=O)NCCCSCc2ccccc2Cl)S(C)(=O)=O)c1C. The molecule has 0 aromatic heterocycles. The van der Waals surface area contributed by atoms with Gasteiger partial charge < -0.3 is 5.32 Å². The van der Waals surface area contributed by atoms with Gasteiger partial charge in [0.2, 0.25) is 15.9 Å². The monoisotopic (exact) mass is 454 g/mol. The van der Waals surface area contributed by atoms with Gasteiger partial charge in [0.05, 0.1) is 11.9 Å². The van der Waals surface area contributed by atoms with Gasteiger partial charge in [0.15, 0.2) is 0 Å². The number of hydrogen-bond donors (Lipinski definition) is 1. The van der Waals surface area contributed by atoms with Crippen LogP contribution in [0, 0.1) is 13.8 Å². The third-order valence-electron chi connectivity index (χ3n) is 4.54. The summed E-state index contributed by atoms with van der Waals surface area (Å²) in [5, 5.41) is 3.58. The Morgan fingerprint density at radius 1 is 1.14 bits per heavy atom. The first kappa shape index (κ1) is 23.6. The highest BCUT2D eigenvalue weighted by Crippen LogP contribution is 2.24. The largest absolute Gasteiger partial charge is 0.354 e. The van der Waals surface area contributed by atoms with Crippen molar-refractivity contribution in [1.82, 2.24) is 5.32 Å². The number of amides is 1. The van der Waals surface area contributed by atoms with Gasteiger partial charge in [-0.05, 0) is 54.8 Å². The van der Waals surface area contributed by atoms with Crippen molar-refractivity contribution in [2.75, 3.05) is 29.4 Å². The van der Waals surface area contributed by atoms with Crippen LogP contribution in [0.25, 0.3) is 0 Å². The van der Waals surface area contributed by atoms with Gasteiger partial charge in [0.1, 0.15) is 6.54 Å². The molecule has 29 heavy (non-hydrogen) atoms. The summed E-state index contributed by atoms with van der Waals surface area (Å²) in [7, 11) is -3.57. The average molecular weight is 455 g/mol. The minimum Gasteiger partial charge on any atom is -0.354 e. The molecular formula is C21H27ClN2O3S2. The van der Waals surface area contributed by atoms with E-state index in [0.717, 1.165) is 50.2 Å². The van der Waals surface area contributed by atoms with Crippen molar-refractivity contribution in [2.24, 2.45) is 0 Å². The molecule has 0 aliphatic rings. The summed E-state index contributed by atoms with van der Waals surface area (Å²) in [6.45, 7) is 4.05. The zero-order valence-electron chi connectivity index (χ0n) is 16.9. The second-order valence-corrected chi connectivity index (χ2v) is 10.3. The molecule has 2 aromatic carbocycles. The number of thioether (sulfide) groups is 1. The lowest BCUT2D eigenvalue weighted by atomic mass is 10.1. The fraction of sp³-hybridized carbons (Fsp3) is 0.381. The molecule has 0 spiro atoms. The van der Waals surface area contributed by atoms with E-state index in [1.807, 2.05) is 44.2 Å². The molecule has 0 radical (unpaired) electrons. The van der Waals surface area contributed by atoms with Gasteiger partial charge in [-0.15, -0.1) is 0 Å². The summed E-state index contributed by atoms with van der Waals surface area (Å²) in [6, 6.07) is 13.2. The van der Waals surface area contributed by atoms with E-state index in [0.29, 0.717) is 12.2 Å². The molecule has 2 rings (SSSR count). The Labute approximate surface area is 182 Å². The van der Waals surface area contributed by atoms with Crippen molar-refractivity contribution >= 4 is 45.0 Å². The van der Waals surface area contributed by atoms with E-state index in [-0.39, 0.29) is 12.5 Å².